The molecule has 0 aliphatic heterocycles. The van der Waals surface area contributed by atoms with Gasteiger partial charge in [-0.3, -0.25) is 0 Å². The molecule has 1 rings (SSSR count). The minimum absolute atomic E-state index is 0.0827. The van der Waals surface area contributed by atoms with Crippen LogP contribution in [-0.2, 0) is 10.0 Å². The van der Waals surface area contributed by atoms with Gasteiger partial charge in [-0.25, -0.2) is 8.42 Å². The third-order valence-corrected chi connectivity index (χ3v) is 5.56. The number of benzene rings is 1. The van der Waals surface area contributed by atoms with E-state index in [9.17, 15) is 8.42 Å². The van der Waals surface area contributed by atoms with E-state index in [1.807, 2.05) is 20.8 Å². The molecule has 6 heteroatoms. The summed E-state index contributed by atoms with van der Waals surface area (Å²) >= 11 is 5.99. The second kappa shape index (κ2) is 6.59. The van der Waals surface area contributed by atoms with Crippen LogP contribution < -0.4 is 5.73 Å². The Kier molecular flexibility index (Phi) is 5.64. The van der Waals surface area contributed by atoms with Gasteiger partial charge in [0.1, 0.15) is 4.90 Å². The first kappa shape index (κ1) is 16.3. The van der Waals surface area contributed by atoms with Crippen molar-refractivity contribution in [1.29, 1.82) is 0 Å². The SMILES string of the molecule is CCC(C)CN(CC)S(=O)(=O)c1cc(N)ccc1Cl. The monoisotopic (exact) mass is 304 g/mol. The number of hydrogen-bond donors (Lipinski definition) is 1. The lowest BCUT2D eigenvalue weighted by atomic mass is 10.1. The summed E-state index contributed by atoms with van der Waals surface area (Å²) < 4.78 is 26.6. The molecule has 0 bridgehead atoms. The first-order valence-electron chi connectivity index (χ1n) is 6.38. The topological polar surface area (TPSA) is 63.4 Å². The number of sulfonamides is 1. The fourth-order valence-electron chi connectivity index (χ4n) is 1.73. The Morgan fingerprint density at radius 1 is 1.37 bits per heavy atom. The van der Waals surface area contributed by atoms with Gasteiger partial charge >= 0.3 is 0 Å². The standard InChI is InChI=1S/C13H21ClN2O2S/c1-4-10(3)9-16(5-2)19(17,18)13-8-11(15)6-7-12(13)14/h6-8,10H,4-5,9,15H2,1-3H3. The molecule has 0 heterocycles. The largest absolute Gasteiger partial charge is 0.399 e. The van der Waals surface area contributed by atoms with Gasteiger partial charge in [-0.05, 0) is 24.1 Å². The van der Waals surface area contributed by atoms with Crippen LogP contribution in [0.25, 0.3) is 0 Å². The Labute approximate surface area is 120 Å². The predicted molar refractivity (Wildman–Crippen MR) is 79.8 cm³/mol. The summed E-state index contributed by atoms with van der Waals surface area (Å²) in [5.41, 5.74) is 6.04. The predicted octanol–water partition coefficient (Wildman–Crippen LogP) is 2.98. The van der Waals surface area contributed by atoms with Crippen molar-refractivity contribution in [3.63, 3.8) is 0 Å². The zero-order valence-corrected chi connectivity index (χ0v) is 13.1. The summed E-state index contributed by atoms with van der Waals surface area (Å²) in [4.78, 5) is 0.0827. The van der Waals surface area contributed by atoms with Crippen LogP contribution in [0.4, 0.5) is 5.69 Å². The van der Waals surface area contributed by atoms with E-state index in [2.05, 4.69) is 0 Å². The van der Waals surface area contributed by atoms with E-state index in [0.29, 0.717) is 24.7 Å². The number of rotatable bonds is 6. The number of nitrogens with two attached hydrogens (primary N) is 1. The molecule has 2 N–H and O–H groups in total. The molecule has 1 unspecified atom stereocenters. The third kappa shape index (κ3) is 3.84. The van der Waals surface area contributed by atoms with Crippen molar-refractivity contribution in [3.05, 3.63) is 23.2 Å². The highest BCUT2D eigenvalue weighted by Crippen LogP contribution is 2.27. The summed E-state index contributed by atoms with van der Waals surface area (Å²) in [7, 11) is -3.59. The molecule has 4 nitrogen and oxygen atoms in total. The van der Waals surface area contributed by atoms with Crippen molar-refractivity contribution >= 4 is 27.3 Å². The van der Waals surface area contributed by atoms with Crippen molar-refractivity contribution in [1.82, 2.24) is 4.31 Å². The normalized spacial score (nSPS) is 13.7. The first-order valence-corrected chi connectivity index (χ1v) is 8.19. The summed E-state index contributed by atoms with van der Waals surface area (Å²) in [5, 5.41) is 0.205. The molecule has 0 spiro atoms. The van der Waals surface area contributed by atoms with E-state index in [4.69, 9.17) is 17.3 Å². The number of nitrogens with zero attached hydrogens (tertiary/aromatic N) is 1. The molecule has 0 fully saturated rings. The van der Waals surface area contributed by atoms with E-state index < -0.39 is 10.0 Å². The zero-order chi connectivity index (χ0) is 14.6. The molecule has 19 heavy (non-hydrogen) atoms. The van der Waals surface area contributed by atoms with Gasteiger partial charge in [-0.15, -0.1) is 0 Å². The van der Waals surface area contributed by atoms with Crippen LogP contribution in [0.1, 0.15) is 27.2 Å². The second-order valence-corrected chi connectivity index (χ2v) is 6.97. The molecule has 1 atom stereocenters. The molecule has 0 amide bonds. The lowest BCUT2D eigenvalue weighted by Gasteiger charge is -2.24. The molecule has 0 aliphatic rings. The van der Waals surface area contributed by atoms with E-state index in [1.54, 1.807) is 6.07 Å². The molecule has 1 aromatic rings. The Morgan fingerprint density at radius 2 is 2.00 bits per heavy atom. The maximum Gasteiger partial charge on any atom is 0.244 e. The lowest BCUT2D eigenvalue weighted by Crippen LogP contribution is -2.34. The highest BCUT2D eigenvalue weighted by atomic mass is 35.5. The zero-order valence-electron chi connectivity index (χ0n) is 11.6. The fourth-order valence-corrected chi connectivity index (χ4v) is 3.81. The van der Waals surface area contributed by atoms with E-state index >= 15 is 0 Å². The van der Waals surface area contributed by atoms with E-state index in [1.165, 1.54) is 16.4 Å². The van der Waals surface area contributed by atoms with E-state index in [-0.39, 0.29) is 9.92 Å². The molecular formula is C13H21ClN2O2S. The molecule has 0 radical (unpaired) electrons. The minimum atomic E-state index is -3.59. The lowest BCUT2D eigenvalue weighted by molar-refractivity contribution is 0.361. The Hall–Kier alpha value is -0.780. The van der Waals surface area contributed by atoms with Gasteiger partial charge in [0, 0.05) is 18.8 Å². The summed E-state index contributed by atoms with van der Waals surface area (Å²) in [6.07, 6.45) is 0.927. The highest BCUT2D eigenvalue weighted by Gasteiger charge is 2.26. The summed E-state index contributed by atoms with van der Waals surface area (Å²) in [6.45, 7) is 6.79. The average molecular weight is 305 g/mol. The van der Waals surface area contributed by atoms with Gasteiger partial charge in [-0.2, -0.15) is 4.31 Å². The first-order chi connectivity index (χ1) is 8.82. The number of halogens is 1. The minimum Gasteiger partial charge on any atom is -0.399 e. The van der Waals surface area contributed by atoms with Crippen molar-refractivity contribution in [2.24, 2.45) is 5.92 Å². The molecule has 0 aliphatic carbocycles. The van der Waals surface area contributed by atoms with Crippen LogP contribution in [-0.4, -0.2) is 25.8 Å². The van der Waals surface area contributed by atoms with Crippen molar-refractivity contribution in [2.75, 3.05) is 18.8 Å². The Bertz CT molecular complexity index is 531. The van der Waals surface area contributed by atoms with Gasteiger partial charge in [0.15, 0.2) is 0 Å². The fraction of sp³-hybridized carbons (Fsp3) is 0.538. The van der Waals surface area contributed by atoms with Crippen molar-refractivity contribution in [3.8, 4) is 0 Å². The van der Waals surface area contributed by atoms with Gasteiger partial charge in [0.2, 0.25) is 10.0 Å². The summed E-state index contributed by atoms with van der Waals surface area (Å²) in [6, 6.07) is 4.52. The average Bonchev–Trinajstić information content (AvgIpc) is 2.37. The molecule has 108 valence electrons. The molecule has 0 aromatic heterocycles. The highest BCUT2D eigenvalue weighted by molar-refractivity contribution is 7.89. The molecule has 1 aromatic carbocycles. The summed E-state index contributed by atoms with van der Waals surface area (Å²) in [5.74, 6) is 0.301. The molecule has 0 saturated heterocycles. The number of nitrogen functional groups attached to an aromatic ring is 1. The van der Waals surface area contributed by atoms with E-state index in [0.717, 1.165) is 6.42 Å². The van der Waals surface area contributed by atoms with Crippen LogP contribution >= 0.6 is 11.6 Å². The molecular weight excluding hydrogens is 284 g/mol. The number of hydrogen-bond acceptors (Lipinski definition) is 3. The third-order valence-electron chi connectivity index (χ3n) is 3.14. The number of anilines is 1. The Balaban J connectivity index is 3.17. The van der Waals surface area contributed by atoms with Crippen molar-refractivity contribution < 1.29 is 8.42 Å². The van der Waals surface area contributed by atoms with Crippen LogP contribution in [0.3, 0.4) is 0 Å². The maximum absolute atomic E-state index is 12.6. The van der Waals surface area contributed by atoms with Crippen LogP contribution in [0.15, 0.2) is 23.1 Å². The van der Waals surface area contributed by atoms with Gasteiger partial charge < -0.3 is 5.73 Å². The van der Waals surface area contributed by atoms with Crippen LogP contribution in [0, 0.1) is 5.92 Å². The van der Waals surface area contributed by atoms with Crippen molar-refractivity contribution in [2.45, 2.75) is 32.1 Å². The smallest absolute Gasteiger partial charge is 0.244 e. The van der Waals surface area contributed by atoms with Gasteiger partial charge in [-0.1, -0.05) is 38.8 Å². The quantitative estimate of drug-likeness (QED) is 0.822. The van der Waals surface area contributed by atoms with Gasteiger partial charge in [0.05, 0.1) is 5.02 Å². The van der Waals surface area contributed by atoms with Gasteiger partial charge in [0.25, 0.3) is 0 Å². The van der Waals surface area contributed by atoms with Crippen LogP contribution in [0.5, 0.6) is 0 Å². The molecule has 0 saturated carbocycles. The second-order valence-electron chi connectivity index (χ2n) is 4.66. The Morgan fingerprint density at radius 3 is 2.53 bits per heavy atom. The van der Waals surface area contributed by atoms with Crippen LogP contribution in [0.2, 0.25) is 5.02 Å². The maximum atomic E-state index is 12.6.